The standard InChI is InChI=1S/C18H38S.4CH3.Sn/c1-2-3-4-5-6-7-8-9-10-11-12-13-14-15-16-17-18-19;;;;;/h19H,2-18H2,1H3;4*1H3;. The van der Waals surface area contributed by atoms with Crippen LogP contribution in [0.1, 0.15) is 110 Å². The van der Waals surface area contributed by atoms with Gasteiger partial charge in [0.2, 0.25) is 0 Å². The van der Waals surface area contributed by atoms with Gasteiger partial charge in [-0.15, -0.1) is 0 Å². The zero-order valence-corrected chi connectivity index (χ0v) is 21.7. The van der Waals surface area contributed by atoms with Gasteiger partial charge in [-0.1, -0.05) is 103 Å². The van der Waals surface area contributed by atoms with E-state index in [1.807, 2.05) is 0 Å². The van der Waals surface area contributed by atoms with Gasteiger partial charge in [0.05, 0.1) is 0 Å². The van der Waals surface area contributed by atoms with E-state index in [1.54, 1.807) is 0 Å². The molecule has 0 aromatic rings. The average Bonchev–Trinajstić information content (AvgIpc) is 2.49. The van der Waals surface area contributed by atoms with Gasteiger partial charge in [-0.2, -0.15) is 12.6 Å². The first-order valence-corrected chi connectivity index (χ1v) is 23.1. The number of thiol groups is 1. The Hall–Kier alpha value is 1.15. The van der Waals surface area contributed by atoms with Crippen LogP contribution in [0.15, 0.2) is 0 Å². The van der Waals surface area contributed by atoms with Crippen LogP contribution in [-0.4, -0.2) is 24.1 Å². The molecule has 0 nitrogen and oxygen atoms in total. The van der Waals surface area contributed by atoms with Gasteiger partial charge in [-0.3, -0.25) is 0 Å². The van der Waals surface area contributed by atoms with Crippen LogP contribution in [0.5, 0.6) is 0 Å². The van der Waals surface area contributed by atoms with E-state index < -0.39 is 18.4 Å². The number of hydrogen-bond acceptors (Lipinski definition) is 1. The van der Waals surface area contributed by atoms with E-state index >= 15 is 0 Å². The van der Waals surface area contributed by atoms with Gasteiger partial charge in [0.1, 0.15) is 0 Å². The Morgan fingerprint density at radius 3 is 0.875 bits per heavy atom. The van der Waals surface area contributed by atoms with Crippen molar-refractivity contribution >= 4 is 31.0 Å². The molecule has 0 amide bonds. The molecule has 0 aromatic carbocycles. The van der Waals surface area contributed by atoms with Gasteiger partial charge in [-0.25, -0.2) is 0 Å². The molecule has 0 radical (unpaired) electrons. The van der Waals surface area contributed by atoms with Gasteiger partial charge in [0.15, 0.2) is 0 Å². The monoisotopic (exact) mass is 466 g/mol. The van der Waals surface area contributed by atoms with Crippen LogP contribution >= 0.6 is 12.6 Å². The van der Waals surface area contributed by atoms with Gasteiger partial charge >= 0.3 is 38.1 Å². The fourth-order valence-electron chi connectivity index (χ4n) is 2.66. The Morgan fingerprint density at radius 2 is 0.667 bits per heavy atom. The summed E-state index contributed by atoms with van der Waals surface area (Å²) in [6.07, 6.45) is 23.1. The topological polar surface area (TPSA) is 0 Å². The molecule has 0 fully saturated rings. The summed E-state index contributed by atoms with van der Waals surface area (Å²) in [5.41, 5.74) is 0. The predicted molar refractivity (Wildman–Crippen MR) is 123 cm³/mol. The van der Waals surface area contributed by atoms with Gasteiger partial charge in [0.25, 0.3) is 0 Å². The van der Waals surface area contributed by atoms with Crippen LogP contribution in [0.25, 0.3) is 0 Å². The summed E-state index contributed by atoms with van der Waals surface area (Å²) in [5.74, 6) is 1.07. The second-order valence-electron chi connectivity index (χ2n) is 9.03. The summed E-state index contributed by atoms with van der Waals surface area (Å²) >= 11 is 3.06. The molecule has 148 valence electrons. The molecule has 0 unspecified atom stereocenters. The summed E-state index contributed by atoms with van der Waals surface area (Å²) in [6.45, 7) is 2.29. The molecule has 0 aliphatic rings. The van der Waals surface area contributed by atoms with Gasteiger partial charge in [0, 0.05) is 0 Å². The van der Waals surface area contributed by atoms with Crippen molar-refractivity contribution in [1.29, 1.82) is 0 Å². The first-order valence-electron chi connectivity index (χ1n) is 11.0. The Balaban J connectivity index is 0. The Kier molecular flexibility index (Phi) is 25.3. The summed E-state index contributed by atoms with van der Waals surface area (Å²) in [7, 11) is 0. The number of rotatable bonds is 16. The Bertz CT molecular complexity index is 189. The number of unbranched alkanes of at least 4 members (excludes halogenated alkanes) is 15. The zero-order valence-electron chi connectivity index (χ0n) is 18.0. The van der Waals surface area contributed by atoms with Gasteiger partial charge in [-0.05, 0) is 12.2 Å². The van der Waals surface area contributed by atoms with Crippen molar-refractivity contribution in [2.75, 3.05) is 5.75 Å². The summed E-state index contributed by atoms with van der Waals surface area (Å²) in [6, 6.07) is 0. The van der Waals surface area contributed by atoms with Crippen molar-refractivity contribution < 1.29 is 0 Å². The quantitative estimate of drug-likeness (QED) is 0.131. The maximum absolute atomic E-state index is 4.24. The normalized spacial score (nSPS) is 11.2. The van der Waals surface area contributed by atoms with E-state index in [1.165, 1.54) is 103 Å². The van der Waals surface area contributed by atoms with Crippen molar-refractivity contribution in [3.05, 3.63) is 0 Å². The SMILES string of the molecule is CCCCCCCCCCCCCCCCCCS.[CH3][Sn]([CH3])([CH3])[CH3]. The molecule has 0 aliphatic carbocycles. The van der Waals surface area contributed by atoms with Crippen LogP contribution in [0.3, 0.4) is 0 Å². The van der Waals surface area contributed by atoms with E-state index in [0.29, 0.717) is 0 Å². The molecular formula is C22H50SSn. The minimum atomic E-state index is -1.18. The van der Waals surface area contributed by atoms with Crippen LogP contribution in [0.4, 0.5) is 0 Å². The molecule has 0 saturated carbocycles. The zero-order chi connectivity index (χ0) is 18.5. The van der Waals surface area contributed by atoms with Crippen LogP contribution in [0.2, 0.25) is 19.8 Å². The second-order valence-corrected chi connectivity index (χ2v) is 26.6. The fraction of sp³-hybridized carbons (Fsp3) is 1.00. The molecule has 0 aromatic heterocycles. The van der Waals surface area contributed by atoms with E-state index in [-0.39, 0.29) is 0 Å². The van der Waals surface area contributed by atoms with E-state index in [4.69, 9.17) is 0 Å². The minimum absolute atomic E-state index is 1.07. The van der Waals surface area contributed by atoms with E-state index in [0.717, 1.165) is 5.75 Å². The molecule has 0 heterocycles. The molecule has 0 saturated heterocycles. The average molecular weight is 465 g/mol. The van der Waals surface area contributed by atoms with Gasteiger partial charge < -0.3 is 0 Å². The molecule has 0 rings (SSSR count). The molecular weight excluding hydrogens is 415 g/mol. The Labute approximate surface area is 165 Å². The summed E-state index contributed by atoms with van der Waals surface area (Å²) in [5, 5.41) is 0. The third-order valence-corrected chi connectivity index (χ3v) is 4.33. The molecule has 24 heavy (non-hydrogen) atoms. The summed E-state index contributed by atoms with van der Waals surface area (Å²) < 4.78 is 0. The van der Waals surface area contributed by atoms with Crippen molar-refractivity contribution in [2.45, 2.75) is 129 Å². The third-order valence-electron chi connectivity index (χ3n) is 4.01. The van der Waals surface area contributed by atoms with Crippen molar-refractivity contribution in [3.63, 3.8) is 0 Å². The number of hydrogen-bond donors (Lipinski definition) is 1. The molecule has 0 atom stereocenters. The first-order chi connectivity index (χ1) is 11.4. The molecule has 2 heteroatoms. The molecule has 0 N–H and O–H groups in total. The van der Waals surface area contributed by atoms with E-state index in [2.05, 4.69) is 39.3 Å². The van der Waals surface area contributed by atoms with Crippen molar-refractivity contribution in [1.82, 2.24) is 0 Å². The molecule has 0 aliphatic heterocycles. The predicted octanol–water partition coefficient (Wildman–Crippen LogP) is 9.13. The first kappa shape index (κ1) is 27.4. The van der Waals surface area contributed by atoms with Crippen LogP contribution in [-0.2, 0) is 0 Å². The fourth-order valence-corrected chi connectivity index (χ4v) is 2.88. The molecule has 0 spiro atoms. The maximum atomic E-state index is 4.24. The van der Waals surface area contributed by atoms with Crippen molar-refractivity contribution in [3.8, 4) is 0 Å². The van der Waals surface area contributed by atoms with E-state index in [9.17, 15) is 0 Å². The van der Waals surface area contributed by atoms with Crippen LogP contribution < -0.4 is 0 Å². The Morgan fingerprint density at radius 1 is 0.458 bits per heavy atom. The summed E-state index contributed by atoms with van der Waals surface area (Å²) in [4.78, 5) is 9.59. The van der Waals surface area contributed by atoms with Crippen LogP contribution in [0, 0.1) is 0 Å². The third kappa shape index (κ3) is 38.6. The molecule has 0 bridgehead atoms. The second kappa shape index (κ2) is 22.2. The van der Waals surface area contributed by atoms with Crippen molar-refractivity contribution in [2.24, 2.45) is 0 Å².